The standard InChI is InChI=1S/C31H35ClN2O5/c1-38-17-16-31(14-6-7-15-31)30(37)33-27(29(36)39-2)18-22-10-12-24(13-11-22)26-19-25(32)21-34(28(26)35)20-23-8-4-3-5-9-23/h3-5,8-13,19,21,27H,6-7,14-18,20H2,1-2H3,(H,33,37). The van der Waals surface area contributed by atoms with Crippen molar-refractivity contribution >= 4 is 23.5 Å². The zero-order valence-electron chi connectivity index (χ0n) is 22.5. The average molecular weight is 551 g/mol. The molecule has 1 unspecified atom stereocenters. The van der Waals surface area contributed by atoms with Gasteiger partial charge in [0.15, 0.2) is 0 Å². The van der Waals surface area contributed by atoms with Crippen molar-refractivity contribution in [2.75, 3.05) is 20.8 Å². The van der Waals surface area contributed by atoms with Gasteiger partial charge in [0.2, 0.25) is 5.91 Å². The van der Waals surface area contributed by atoms with Crippen LogP contribution in [0.4, 0.5) is 0 Å². The number of amides is 1. The molecule has 0 bridgehead atoms. The van der Waals surface area contributed by atoms with Gasteiger partial charge in [-0.25, -0.2) is 4.79 Å². The smallest absolute Gasteiger partial charge is 0.328 e. The van der Waals surface area contributed by atoms with E-state index in [-0.39, 0.29) is 17.9 Å². The summed E-state index contributed by atoms with van der Waals surface area (Å²) in [6, 6.07) is 18.0. The van der Waals surface area contributed by atoms with Crippen molar-refractivity contribution in [3.8, 4) is 11.1 Å². The fourth-order valence-corrected chi connectivity index (χ4v) is 5.57. The van der Waals surface area contributed by atoms with Gasteiger partial charge in [-0.2, -0.15) is 0 Å². The molecule has 0 aliphatic heterocycles. The van der Waals surface area contributed by atoms with Crippen LogP contribution in [0.15, 0.2) is 71.7 Å². The minimum atomic E-state index is -0.817. The third kappa shape index (κ3) is 6.97. The number of aromatic nitrogens is 1. The van der Waals surface area contributed by atoms with Gasteiger partial charge in [-0.05, 0) is 42.0 Å². The number of pyridine rings is 1. The number of carbonyl (C=O) groups is 2. The van der Waals surface area contributed by atoms with Crippen molar-refractivity contribution in [3.05, 3.63) is 93.4 Å². The zero-order chi connectivity index (χ0) is 27.8. The summed E-state index contributed by atoms with van der Waals surface area (Å²) in [5.41, 5.74) is 2.38. The van der Waals surface area contributed by atoms with E-state index in [0.29, 0.717) is 30.2 Å². The van der Waals surface area contributed by atoms with Gasteiger partial charge in [0.05, 0.1) is 24.1 Å². The van der Waals surface area contributed by atoms with Crippen LogP contribution in [0.5, 0.6) is 0 Å². The third-order valence-electron chi connectivity index (χ3n) is 7.57. The molecule has 39 heavy (non-hydrogen) atoms. The third-order valence-corrected chi connectivity index (χ3v) is 7.78. The Labute approximate surface area is 234 Å². The molecule has 8 heteroatoms. The van der Waals surface area contributed by atoms with Crippen LogP contribution in [0, 0.1) is 5.41 Å². The van der Waals surface area contributed by atoms with Crippen LogP contribution in [0.3, 0.4) is 0 Å². The first-order chi connectivity index (χ1) is 18.8. The number of nitrogens with zero attached hydrogens (tertiary/aromatic N) is 1. The van der Waals surface area contributed by atoms with Gasteiger partial charge >= 0.3 is 5.97 Å². The molecule has 0 saturated heterocycles. The Bertz CT molecular complexity index is 1330. The number of carbonyl (C=O) groups excluding carboxylic acids is 2. The lowest BCUT2D eigenvalue weighted by atomic mass is 9.81. The predicted molar refractivity (Wildman–Crippen MR) is 152 cm³/mol. The molecule has 2 aromatic carbocycles. The summed E-state index contributed by atoms with van der Waals surface area (Å²) in [6.45, 7) is 0.909. The van der Waals surface area contributed by atoms with Gasteiger partial charge in [-0.3, -0.25) is 9.59 Å². The summed E-state index contributed by atoms with van der Waals surface area (Å²) < 4.78 is 11.9. The first-order valence-corrected chi connectivity index (χ1v) is 13.6. The van der Waals surface area contributed by atoms with Crippen LogP contribution in [-0.2, 0) is 32.0 Å². The van der Waals surface area contributed by atoms with Gasteiger partial charge in [0.25, 0.3) is 5.56 Å². The largest absolute Gasteiger partial charge is 0.467 e. The highest BCUT2D eigenvalue weighted by Crippen LogP contribution is 2.41. The van der Waals surface area contributed by atoms with Crippen molar-refractivity contribution in [1.29, 1.82) is 0 Å². The molecule has 1 aromatic heterocycles. The Morgan fingerprint density at radius 3 is 2.36 bits per heavy atom. The molecule has 1 N–H and O–H groups in total. The van der Waals surface area contributed by atoms with Gasteiger partial charge in [-0.15, -0.1) is 0 Å². The number of methoxy groups -OCH3 is 2. The van der Waals surface area contributed by atoms with E-state index in [1.807, 2.05) is 54.6 Å². The summed E-state index contributed by atoms with van der Waals surface area (Å²) in [4.78, 5) is 39.2. The van der Waals surface area contributed by atoms with E-state index in [0.717, 1.165) is 42.4 Å². The summed E-state index contributed by atoms with van der Waals surface area (Å²) >= 11 is 6.38. The number of hydrogen-bond acceptors (Lipinski definition) is 5. The second-order valence-corrected chi connectivity index (χ2v) is 10.6. The summed E-state index contributed by atoms with van der Waals surface area (Å²) in [6.07, 6.45) is 6.07. The van der Waals surface area contributed by atoms with E-state index >= 15 is 0 Å². The second-order valence-electron chi connectivity index (χ2n) is 10.2. The number of halogens is 1. The highest BCUT2D eigenvalue weighted by Gasteiger charge is 2.42. The van der Waals surface area contributed by atoms with Crippen molar-refractivity contribution in [2.24, 2.45) is 5.41 Å². The molecule has 1 aliphatic rings. The van der Waals surface area contributed by atoms with E-state index in [2.05, 4.69) is 5.32 Å². The maximum Gasteiger partial charge on any atom is 0.328 e. The van der Waals surface area contributed by atoms with Crippen molar-refractivity contribution in [1.82, 2.24) is 9.88 Å². The van der Waals surface area contributed by atoms with Crippen LogP contribution in [0.1, 0.15) is 43.2 Å². The first-order valence-electron chi connectivity index (χ1n) is 13.3. The number of ether oxygens (including phenoxy) is 2. The molecular weight excluding hydrogens is 516 g/mol. The molecule has 0 radical (unpaired) electrons. The molecule has 1 amide bonds. The Hall–Kier alpha value is -3.42. The summed E-state index contributed by atoms with van der Waals surface area (Å²) in [7, 11) is 2.95. The quantitative estimate of drug-likeness (QED) is 0.339. The lowest BCUT2D eigenvalue weighted by Crippen LogP contribution is -2.49. The summed E-state index contributed by atoms with van der Waals surface area (Å²) in [5, 5.41) is 3.43. The molecule has 206 valence electrons. The van der Waals surface area contributed by atoms with E-state index < -0.39 is 17.4 Å². The minimum Gasteiger partial charge on any atom is -0.467 e. The van der Waals surface area contributed by atoms with E-state index in [9.17, 15) is 14.4 Å². The Balaban J connectivity index is 1.52. The Morgan fingerprint density at radius 2 is 1.72 bits per heavy atom. The molecule has 1 aliphatic carbocycles. The van der Waals surface area contributed by atoms with Gasteiger partial charge in [0.1, 0.15) is 6.04 Å². The predicted octanol–water partition coefficient (Wildman–Crippen LogP) is 5.01. The lowest BCUT2D eigenvalue weighted by Gasteiger charge is -2.29. The Morgan fingerprint density at radius 1 is 1.03 bits per heavy atom. The van der Waals surface area contributed by atoms with Gasteiger partial charge in [0, 0.05) is 31.9 Å². The molecule has 3 aromatic rings. The molecule has 4 rings (SSSR count). The topological polar surface area (TPSA) is 86.6 Å². The fourth-order valence-electron chi connectivity index (χ4n) is 5.35. The number of esters is 1. The van der Waals surface area contributed by atoms with Crippen LogP contribution >= 0.6 is 11.6 Å². The Kier molecular flexibility index (Phi) is 9.59. The fraction of sp³-hybridized carbons (Fsp3) is 0.387. The SMILES string of the molecule is COCCC1(C(=O)NC(Cc2ccc(-c3cc(Cl)cn(Cc4ccccc4)c3=O)cc2)C(=O)OC)CCCC1. The summed E-state index contributed by atoms with van der Waals surface area (Å²) in [5.74, 6) is -0.618. The maximum absolute atomic E-state index is 13.3. The number of nitrogens with one attached hydrogen (secondary N) is 1. The minimum absolute atomic E-state index is 0.123. The van der Waals surface area contributed by atoms with E-state index in [4.69, 9.17) is 21.1 Å². The van der Waals surface area contributed by atoms with Crippen LogP contribution < -0.4 is 10.9 Å². The first kappa shape index (κ1) is 28.6. The van der Waals surface area contributed by atoms with E-state index in [1.54, 1.807) is 23.9 Å². The highest BCUT2D eigenvalue weighted by molar-refractivity contribution is 6.30. The maximum atomic E-state index is 13.3. The normalized spacial score (nSPS) is 15.1. The van der Waals surface area contributed by atoms with Gasteiger partial charge < -0.3 is 19.4 Å². The van der Waals surface area contributed by atoms with Crippen molar-refractivity contribution in [2.45, 2.75) is 51.1 Å². The van der Waals surface area contributed by atoms with Crippen LogP contribution in [0.2, 0.25) is 5.02 Å². The zero-order valence-corrected chi connectivity index (χ0v) is 23.2. The number of benzene rings is 2. The molecule has 0 spiro atoms. The monoisotopic (exact) mass is 550 g/mol. The lowest BCUT2D eigenvalue weighted by molar-refractivity contribution is -0.146. The van der Waals surface area contributed by atoms with Gasteiger partial charge in [-0.1, -0.05) is 79.0 Å². The van der Waals surface area contributed by atoms with Crippen LogP contribution in [0.25, 0.3) is 11.1 Å². The average Bonchev–Trinajstić information content (AvgIpc) is 3.44. The number of rotatable bonds is 11. The highest BCUT2D eigenvalue weighted by atomic mass is 35.5. The molecule has 1 heterocycles. The second kappa shape index (κ2) is 13.1. The molecule has 1 atom stereocenters. The number of hydrogen-bond donors (Lipinski definition) is 1. The van der Waals surface area contributed by atoms with Crippen molar-refractivity contribution in [3.63, 3.8) is 0 Å². The molecule has 1 fully saturated rings. The molecule has 7 nitrogen and oxygen atoms in total. The molecular formula is C31H35ClN2O5. The van der Waals surface area contributed by atoms with E-state index in [1.165, 1.54) is 7.11 Å². The van der Waals surface area contributed by atoms with Crippen LogP contribution in [-0.4, -0.2) is 43.3 Å². The van der Waals surface area contributed by atoms with Crippen molar-refractivity contribution < 1.29 is 19.1 Å². The molecule has 1 saturated carbocycles.